The van der Waals surface area contributed by atoms with Crippen molar-refractivity contribution in [2.75, 3.05) is 5.75 Å². The Morgan fingerprint density at radius 1 is 1.19 bits per heavy atom. The SMILES string of the molecule is CCS(=O)(=O)c1ccc(C)c(S(=O)(=O)O)c1. The summed E-state index contributed by atoms with van der Waals surface area (Å²) in [5, 5.41) is 0. The van der Waals surface area contributed by atoms with Gasteiger partial charge in [0.1, 0.15) is 0 Å². The van der Waals surface area contributed by atoms with Crippen LogP contribution in [0.5, 0.6) is 0 Å². The van der Waals surface area contributed by atoms with Crippen molar-refractivity contribution in [1.29, 1.82) is 0 Å². The summed E-state index contributed by atoms with van der Waals surface area (Å²) in [5.74, 6) is -0.124. The van der Waals surface area contributed by atoms with Crippen molar-refractivity contribution < 1.29 is 21.4 Å². The average molecular weight is 264 g/mol. The van der Waals surface area contributed by atoms with Crippen LogP contribution in [0, 0.1) is 6.92 Å². The molecule has 1 rings (SSSR count). The molecule has 0 aliphatic rings. The smallest absolute Gasteiger partial charge is 0.282 e. The molecule has 5 nitrogen and oxygen atoms in total. The van der Waals surface area contributed by atoms with Crippen LogP contribution in [0.4, 0.5) is 0 Å². The van der Waals surface area contributed by atoms with E-state index in [4.69, 9.17) is 4.55 Å². The molecule has 0 radical (unpaired) electrons. The Labute approximate surface area is 94.8 Å². The van der Waals surface area contributed by atoms with Crippen molar-refractivity contribution in [3.05, 3.63) is 23.8 Å². The molecule has 1 aromatic carbocycles. The van der Waals surface area contributed by atoms with Gasteiger partial charge in [0.05, 0.1) is 15.5 Å². The van der Waals surface area contributed by atoms with Gasteiger partial charge < -0.3 is 0 Å². The third-order valence-corrected chi connectivity index (χ3v) is 4.90. The van der Waals surface area contributed by atoms with Crippen molar-refractivity contribution in [3.8, 4) is 0 Å². The van der Waals surface area contributed by atoms with Crippen molar-refractivity contribution >= 4 is 20.0 Å². The van der Waals surface area contributed by atoms with Gasteiger partial charge in [0.25, 0.3) is 10.1 Å². The zero-order chi connectivity index (χ0) is 12.6. The molecule has 90 valence electrons. The fourth-order valence-electron chi connectivity index (χ4n) is 1.22. The third kappa shape index (κ3) is 2.60. The number of aryl methyl sites for hydroxylation is 1. The molecule has 0 saturated heterocycles. The highest BCUT2D eigenvalue weighted by Gasteiger charge is 2.18. The minimum Gasteiger partial charge on any atom is -0.282 e. The molecule has 0 spiro atoms. The van der Waals surface area contributed by atoms with Crippen LogP contribution < -0.4 is 0 Å². The molecule has 0 aromatic heterocycles. The Bertz CT molecular complexity index is 599. The maximum atomic E-state index is 11.5. The van der Waals surface area contributed by atoms with Crippen LogP contribution in [-0.4, -0.2) is 27.1 Å². The molecule has 0 heterocycles. The Morgan fingerprint density at radius 3 is 2.19 bits per heavy atom. The van der Waals surface area contributed by atoms with Gasteiger partial charge in [-0.05, 0) is 24.6 Å². The Kier molecular flexibility index (Phi) is 3.41. The third-order valence-electron chi connectivity index (χ3n) is 2.18. The van der Waals surface area contributed by atoms with Gasteiger partial charge in [-0.3, -0.25) is 4.55 Å². The van der Waals surface area contributed by atoms with Crippen molar-refractivity contribution in [2.45, 2.75) is 23.6 Å². The normalized spacial score (nSPS) is 12.7. The lowest BCUT2D eigenvalue weighted by Gasteiger charge is -2.06. The maximum Gasteiger partial charge on any atom is 0.294 e. The lowest BCUT2D eigenvalue weighted by molar-refractivity contribution is 0.482. The summed E-state index contributed by atoms with van der Waals surface area (Å²) in [6.45, 7) is 2.94. The summed E-state index contributed by atoms with van der Waals surface area (Å²) < 4.78 is 53.9. The Hall–Kier alpha value is -0.920. The fourth-order valence-corrected chi connectivity index (χ4v) is 2.95. The summed E-state index contributed by atoms with van der Waals surface area (Å²) in [5.41, 5.74) is 0.303. The summed E-state index contributed by atoms with van der Waals surface area (Å²) in [7, 11) is -7.86. The number of hydrogen-bond donors (Lipinski definition) is 1. The first kappa shape index (κ1) is 13.1. The molecule has 0 amide bonds. The predicted octanol–water partition coefficient (Wildman–Crippen LogP) is 1.04. The molecule has 1 aromatic rings. The van der Waals surface area contributed by atoms with E-state index in [0.29, 0.717) is 5.56 Å². The summed E-state index contributed by atoms with van der Waals surface area (Å²) in [6, 6.07) is 3.65. The van der Waals surface area contributed by atoms with E-state index < -0.39 is 20.0 Å². The number of benzene rings is 1. The molecule has 0 saturated carbocycles. The van der Waals surface area contributed by atoms with Gasteiger partial charge in [0, 0.05) is 0 Å². The predicted molar refractivity (Wildman–Crippen MR) is 58.7 cm³/mol. The topological polar surface area (TPSA) is 88.5 Å². The first-order chi connectivity index (χ1) is 7.18. The van der Waals surface area contributed by atoms with Gasteiger partial charge in [0.15, 0.2) is 9.84 Å². The second kappa shape index (κ2) is 4.15. The van der Waals surface area contributed by atoms with Crippen LogP contribution in [-0.2, 0) is 20.0 Å². The first-order valence-corrected chi connectivity index (χ1v) is 7.58. The fraction of sp³-hybridized carbons (Fsp3) is 0.333. The molecule has 7 heteroatoms. The van der Waals surface area contributed by atoms with Gasteiger partial charge in [-0.2, -0.15) is 8.42 Å². The van der Waals surface area contributed by atoms with E-state index in [9.17, 15) is 16.8 Å². The van der Waals surface area contributed by atoms with Gasteiger partial charge >= 0.3 is 0 Å². The van der Waals surface area contributed by atoms with Crippen LogP contribution in [0.1, 0.15) is 12.5 Å². The lowest BCUT2D eigenvalue weighted by atomic mass is 10.2. The Morgan fingerprint density at radius 2 is 1.75 bits per heavy atom. The van der Waals surface area contributed by atoms with E-state index in [1.54, 1.807) is 0 Å². The van der Waals surface area contributed by atoms with E-state index >= 15 is 0 Å². The van der Waals surface area contributed by atoms with Crippen LogP contribution in [0.15, 0.2) is 28.0 Å². The van der Waals surface area contributed by atoms with E-state index in [1.807, 2.05) is 0 Å². The van der Waals surface area contributed by atoms with Crippen molar-refractivity contribution in [1.82, 2.24) is 0 Å². The number of hydrogen-bond acceptors (Lipinski definition) is 4. The molecular weight excluding hydrogens is 252 g/mol. The second-order valence-electron chi connectivity index (χ2n) is 3.31. The number of sulfone groups is 1. The standard InChI is InChI=1S/C9H12O5S2/c1-3-15(10,11)8-5-4-7(2)9(6-8)16(12,13)14/h4-6H,3H2,1-2H3,(H,12,13,14). The minimum atomic E-state index is -4.39. The highest BCUT2D eigenvalue weighted by Crippen LogP contribution is 2.20. The molecule has 0 aliphatic heterocycles. The largest absolute Gasteiger partial charge is 0.294 e. The highest BCUT2D eigenvalue weighted by molar-refractivity contribution is 7.91. The van der Waals surface area contributed by atoms with E-state index in [0.717, 1.165) is 6.07 Å². The highest BCUT2D eigenvalue weighted by atomic mass is 32.2. The van der Waals surface area contributed by atoms with Crippen LogP contribution in [0.25, 0.3) is 0 Å². The molecule has 0 aliphatic carbocycles. The zero-order valence-electron chi connectivity index (χ0n) is 8.84. The average Bonchev–Trinajstić information content (AvgIpc) is 2.16. The second-order valence-corrected chi connectivity index (χ2v) is 6.97. The van der Waals surface area contributed by atoms with Gasteiger partial charge in [-0.25, -0.2) is 8.42 Å². The van der Waals surface area contributed by atoms with Crippen LogP contribution in [0.2, 0.25) is 0 Å². The van der Waals surface area contributed by atoms with Gasteiger partial charge in [-0.1, -0.05) is 13.0 Å². The summed E-state index contributed by atoms with van der Waals surface area (Å²) in [4.78, 5) is -0.477. The molecular formula is C9H12O5S2. The maximum absolute atomic E-state index is 11.5. The molecule has 0 unspecified atom stereocenters. The summed E-state index contributed by atoms with van der Waals surface area (Å²) in [6.07, 6.45) is 0. The van der Waals surface area contributed by atoms with Gasteiger partial charge in [0.2, 0.25) is 0 Å². The number of rotatable bonds is 3. The van der Waals surface area contributed by atoms with E-state index in [-0.39, 0.29) is 15.5 Å². The van der Waals surface area contributed by atoms with Gasteiger partial charge in [-0.15, -0.1) is 0 Å². The van der Waals surface area contributed by atoms with Crippen LogP contribution in [0.3, 0.4) is 0 Å². The first-order valence-electron chi connectivity index (χ1n) is 4.49. The molecule has 0 atom stereocenters. The minimum absolute atomic E-state index is 0.103. The molecule has 0 bridgehead atoms. The Balaban J connectivity index is 3.53. The monoisotopic (exact) mass is 264 g/mol. The van der Waals surface area contributed by atoms with E-state index in [1.165, 1.54) is 26.0 Å². The van der Waals surface area contributed by atoms with Crippen LogP contribution >= 0.6 is 0 Å². The van der Waals surface area contributed by atoms with Crippen molar-refractivity contribution in [2.24, 2.45) is 0 Å². The molecule has 0 fully saturated rings. The zero-order valence-corrected chi connectivity index (χ0v) is 10.5. The quantitative estimate of drug-likeness (QED) is 0.824. The van der Waals surface area contributed by atoms with E-state index in [2.05, 4.69) is 0 Å². The summed E-state index contributed by atoms with van der Waals surface area (Å²) >= 11 is 0. The van der Waals surface area contributed by atoms with Crippen molar-refractivity contribution in [3.63, 3.8) is 0 Å². The molecule has 1 N–H and O–H groups in total. The molecule has 16 heavy (non-hydrogen) atoms. The lowest BCUT2D eigenvalue weighted by Crippen LogP contribution is -2.07.